The molecule has 0 aliphatic heterocycles. The molecular weight excluding hydrogens is 504 g/mol. The zero-order valence-corrected chi connectivity index (χ0v) is 21.0. The van der Waals surface area contributed by atoms with E-state index in [0.717, 1.165) is 27.7 Å². The van der Waals surface area contributed by atoms with Crippen LogP contribution in [-0.2, 0) is 19.2 Å². The van der Waals surface area contributed by atoms with Crippen LogP contribution in [0.4, 0.5) is 0 Å². The molecule has 2 rings (SSSR count). The molecule has 38 heavy (non-hydrogen) atoms. The number of amides is 2. The molecule has 0 fully saturated rings. The van der Waals surface area contributed by atoms with E-state index in [1.807, 2.05) is 0 Å². The third-order valence-corrected chi connectivity index (χ3v) is 4.42. The van der Waals surface area contributed by atoms with Crippen molar-refractivity contribution in [2.75, 3.05) is 13.1 Å². The summed E-state index contributed by atoms with van der Waals surface area (Å²) < 4.78 is 19.9. The van der Waals surface area contributed by atoms with E-state index in [1.54, 1.807) is 0 Å². The molecule has 2 aromatic carbocycles. The fraction of sp³-hybridized carbons (Fsp3) is 0.280. The first kappa shape index (κ1) is 29.5. The van der Waals surface area contributed by atoms with Crippen molar-refractivity contribution in [3.05, 3.63) is 47.5 Å². The molecule has 0 aliphatic carbocycles. The van der Waals surface area contributed by atoms with Gasteiger partial charge in [-0.1, -0.05) is 0 Å². The molecule has 0 aliphatic rings. The Balaban J connectivity index is 1.98. The average molecular weight is 530 g/mol. The van der Waals surface area contributed by atoms with Crippen LogP contribution in [0, 0.1) is 0 Å². The lowest BCUT2D eigenvalue weighted by atomic mass is 10.1. The van der Waals surface area contributed by atoms with Crippen LogP contribution >= 0.6 is 0 Å². The van der Waals surface area contributed by atoms with Crippen LogP contribution in [0.15, 0.2) is 36.4 Å². The highest BCUT2D eigenvalue weighted by atomic mass is 16.6. The maximum atomic E-state index is 12.5. The lowest BCUT2D eigenvalue weighted by molar-refractivity contribution is -0.134. The van der Waals surface area contributed by atoms with Crippen LogP contribution in [0.5, 0.6) is 23.0 Å². The van der Waals surface area contributed by atoms with E-state index in [1.165, 1.54) is 36.4 Å². The van der Waals surface area contributed by atoms with E-state index in [9.17, 15) is 33.9 Å². The third kappa shape index (κ3) is 9.35. The number of nitrogens with one attached hydrogen (secondary N) is 2. The summed E-state index contributed by atoms with van der Waals surface area (Å²) in [5.74, 6) is -4.33. The van der Waals surface area contributed by atoms with Gasteiger partial charge in [0.25, 0.3) is 11.8 Å². The van der Waals surface area contributed by atoms with Gasteiger partial charge in [0.05, 0.1) is 6.10 Å². The van der Waals surface area contributed by atoms with E-state index in [4.69, 9.17) is 18.9 Å². The smallest absolute Gasteiger partial charge is 0.308 e. The van der Waals surface area contributed by atoms with Gasteiger partial charge in [0.2, 0.25) is 0 Å². The molecule has 0 saturated heterocycles. The maximum absolute atomic E-state index is 12.5. The summed E-state index contributed by atoms with van der Waals surface area (Å²) in [5.41, 5.74) is 0.110. The molecule has 13 nitrogen and oxygen atoms in total. The number of aliphatic hydroxyl groups is 1. The highest BCUT2D eigenvalue weighted by Gasteiger charge is 2.18. The van der Waals surface area contributed by atoms with Gasteiger partial charge in [0.15, 0.2) is 23.0 Å². The Bertz CT molecular complexity index is 1160. The zero-order valence-electron chi connectivity index (χ0n) is 21.0. The number of ether oxygens (including phenoxy) is 4. The fourth-order valence-corrected chi connectivity index (χ4v) is 2.94. The Kier molecular flexibility index (Phi) is 10.5. The van der Waals surface area contributed by atoms with Crippen molar-refractivity contribution in [1.82, 2.24) is 10.6 Å². The van der Waals surface area contributed by atoms with Crippen LogP contribution < -0.4 is 29.6 Å². The molecule has 0 spiro atoms. The number of hydrogen-bond acceptors (Lipinski definition) is 11. The van der Waals surface area contributed by atoms with Crippen molar-refractivity contribution < 1.29 is 52.8 Å². The van der Waals surface area contributed by atoms with E-state index < -0.39 is 41.8 Å². The molecule has 0 unspecified atom stereocenters. The fourth-order valence-electron chi connectivity index (χ4n) is 2.94. The van der Waals surface area contributed by atoms with Gasteiger partial charge in [-0.05, 0) is 36.4 Å². The second-order valence-corrected chi connectivity index (χ2v) is 7.77. The Morgan fingerprint density at radius 1 is 0.605 bits per heavy atom. The van der Waals surface area contributed by atoms with Crippen molar-refractivity contribution in [3.8, 4) is 23.0 Å². The maximum Gasteiger partial charge on any atom is 0.308 e. The Hall–Kier alpha value is -4.78. The minimum absolute atomic E-state index is 0.0512. The quantitative estimate of drug-likeness (QED) is 0.293. The molecule has 0 radical (unpaired) electrons. The van der Waals surface area contributed by atoms with Gasteiger partial charge in [-0.15, -0.1) is 0 Å². The van der Waals surface area contributed by atoms with E-state index in [0.29, 0.717) is 0 Å². The first-order chi connectivity index (χ1) is 17.8. The molecular formula is C25H26N2O11. The summed E-state index contributed by atoms with van der Waals surface area (Å²) in [5, 5.41) is 15.1. The summed E-state index contributed by atoms with van der Waals surface area (Å²) >= 11 is 0. The lowest BCUT2D eigenvalue weighted by Gasteiger charge is -2.15. The SMILES string of the molecule is CC(=O)Oc1ccc(C(=O)NCC(O)CNC(=O)c2ccc(OC(C)=O)c(OC(C)=O)c2)cc1OC(C)=O. The first-order valence-electron chi connectivity index (χ1n) is 11.1. The van der Waals surface area contributed by atoms with Gasteiger partial charge in [0.1, 0.15) is 0 Å². The molecule has 0 saturated carbocycles. The number of esters is 4. The highest BCUT2D eigenvalue weighted by Crippen LogP contribution is 2.30. The van der Waals surface area contributed by atoms with Gasteiger partial charge >= 0.3 is 23.9 Å². The summed E-state index contributed by atoms with van der Waals surface area (Å²) in [4.78, 5) is 70.1. The van der Waals surface area contributed by atoms with Crippen molar-refractivity contribution in [2.24, 2.45) is 0 Å². The Morgan fingerprint density at radius 2 is 0.921 bits per heavy atom. The molecule has 202 valence electrons. The molecule has 0 heterocycles. The number of rotatable bonds is 10. The number of carbonyl (C=O) groups excluding carboxylic acids is 6. The van der Waals surface area contributed by atoms with Crippen LogP contribution in [0.3, 0.4) is 0 Å². The average Bonchev–Trinajstić information content (AvgIpc) is 2.81. The summed E-state index contributed by atoms with van der Waals surface area (Å²) in [6.45, 7) is 4.10. The molecule has 0 bridgehead atoms. The van der Waals surface area contributed by atoms with Crippen molar-refractivity contribution in [2.45, 2.75) is 33.8 Å². The van der Waals surface area contributed by atoms with Crippen LogP contribution in [-0.4, -0.2) is 60.0 Å². The van der Waals surface area contributed by atoms with Gasteiger partial charge in [-0.25, -0.2) is 0 Å². The molecule has 0 aromatic heterocycles. The van der Waals surface area contributed by atoms with Crippen LogP contribution in [0.2, 0.25) is 0 Å². The first-order valence-corrected chi connectivity index (χ1v) is 11.1. The van der Waals surface area contributed by atoms with Gasteiger partial charge in [-0.2, -0.15) is 0 Å². The van der Waals surface area contributed by atoms with Gasteiger partial charge < -0.3 is 34.7 Å². The molecule has 3 N–H and O–H groups in total. The van der Waals surface area contributed by atoms with Gasteiger partial charge in [0, 0.05) is 51.9 Å². The largest absolute Gasteiger partial charge is 0.423 e. The van der Waals surface area contributed by atoms with Crippen molar-refractivity contribution >= 4 is 35.7 Å². The topological polar surface area (TPSA) is 184 Å². The predicted octanol–water partition coefficient (Wildman–Crippen LogP) is 0.908. The normalized spacial score (nSPS) is 10.3. The van der Waals surface area contributed by atoms with E-state index in [2.05, 4.69) is 10.6 Å². The lowest BCUT2D eigenvalue weighted by Crippen LogP contribution is -2.40. The number of aliphatic hydroxyl groups excluding tert-OH is 1. The summed E-state index contributed by atoms with van der Waals surface area (Å²) in [6.07, 6.45) is -1.19. The Labute approximate surface area is 217 Å². The second-order valence-electron chi connectivity index (χ2n) is 7.77. The number of hydrogen-bond donors (Lipinski definition) is 3. The highest BCUT2D eigenvalue weighted by molar-refractivity contribution is 5.96. The minimum Gasteiger partial charge on any atom is -0.423 e. The van der Waals surface area contributed by atoms with E-state index in [-0.39, 0.29) is 47.2 Å². The third-order valence-electron chi connectivity index (χ3n) is 4.42. The molecule has 2 amide bonds. The second kappa shape index (κ2) is 13.5. The van der Waals surface area contributed by atoms with Crippen molar-refractivity contribution in [3.63, 3.8) is 0 Å². The predicted molar refractivity (Wildman–Crippen MR) is 129 cm³/mol. The van der Waals surface area contributed by atoms with Crippen molar-refractivity contribution in [1.29, 1.82) is 0 Å². The Morgan fingerprint density at radius 3 is 1.24 bits per heavy atom. The van der Waals surface area contributed by atoms with Crippen LogP contribution in [0.1, 0.15) is 48.4 Å². The molecule has 13 heteroatoms. The summed E-state index contributed by atoms with van der Waals surface area (Å²) in [7, 11) is 0. The monoisotopic (exact) mass is 530 g/mol. The summed E-state index contributed by atoms with van der Waals surface area (Å²) in [6, 6.07) is 7.61. The zero-order chi connectivity index (χ0) is 28.4. The van der Waals surface area contributed by atoms with Crippen LogP contribution in [0.25, 0.3) is 0 Å². The standard InChI is InChI=1S/C25H26N2O11/c1-13(28)35-20-7-5-17(9-22(20)37-15(3)30)24(33)26-11-19(32)12-27-25(34)18-6-8-21(36-14(2)29)23(10-18)38-16(4)31/h5-10,19,32H,11-12H2,1-4H3,(H,26,33)(H,27,34). The van der Waals surface area contributed by atoms with E-state index >= 15 is 0 Å². The molecule has 0 atom stereocenters. The number of carbonyl (C=O) groups is 6. The number of benzene rings is 2. The molecule has 2 aromatic rings. The minimum atomic E-state index is -1.19. The van der Waals surface area contributed by atoms with Gasteiger partial charge in [-0.3, -0.25) is 28.8 Å².